The van der Waals surface area contributed by atoms with Gasteiger partial charge in [0.25, 0.3) is 0 Å². The number of rotatable bonds is 4. The number of nitrogens with one attached hydrogen (secondary N) is 1. The van der Waals surface area contributed by atoms with E-state index in [0.717, 1.165) is 15.6 Å². The highest BCUT2D eigenvalue weighted by atomic mass is 79.9. The summed E-state index contributed by atoms with van der Waals surface area (Å²) >= 11 is 4.78. The Morgan fingerprint density at radius 2 is 1.88 bits per heavy atom. The maximum absolute atomic E-state index is 12.0. The number of hydrogen-bond acceptors (Lipinski definition) is 5. The first-order valence-electron chi connectivity index (χ1n) is 7.22. The molecular weight excluding hydrogens is 390 g/mol. The fourth-order valence-electron chi connectivity index (χ4n) is 2.13. The molecular formula is C17H14BrN3O2S. The normalized spacial score (nSPS) is 19.1. The van der Waals surface area contributed by atoms with Crippen molar-refractivity contribution in [1.29, 1.82) is 0 Å². The van der Waals surface area contributed by atoms with Crippen LogP contribution in [0, 0.1) is 0 Å². The summed E-state index contributed by atoms with van der Waals surface area (Å²) in [7, 11) is 0. The number of amides is 1. The number of phenolic OH excluding ortho intramolecular Hbond substituents is 1. The summed E-state index contributed by atoms with van der Waals surface area (Å²) in [4.78, 5) is 12.0. The van der Waals surface area contributed by atoms with Crippen molar-refractivity contribution in [3.8, 4) is 5.75 Å². The lowest BCUT2D eigenvalue weighted by atomic mass is 10.1. The summed E-state index contributed by atoms with van der Waals surface area (Å²) in [6, 6.07) is 14.5. The monoisotopic (exact) mass is 403 g/mol. The Morgan fingerprint density at radius 3 is 2.58 bits per heavy atom. The quantitative estimate of drug-likeness (QED) is 0.607. The van der Waals surface area contributed by atoms with Crippen molar-refractivity contribution in [2.75, 3.05) is 0 Å². The van der Waals surface area contributed by atoms with Crippen molar-refractivity contribution < 1.29 is 9.90 Å². The third kappa shape index (κ3) is 4.46. The molecule has 2 aromatic rings. The highest BCUT2D eigenvalue weighted by Crippen LogP contribution is 2.24. The standard InChI is InChI=1S/C17H14BrN3O2S/c18-13-5-1-11(2-6-13)9-15-16(23)20-17(24-15)21-19-10-12-3-7-14(22)8-4-12/h1-8,10,15,22H,9H2,(H,20,21,23)/b19-10-/t15-/m1/s1. The maximum Gasteiger partial charge on any atom is 0.239 e. The van der Waals surface area contributed by atoms with E-state index in [1.165, 1.54) is 11.8 Å². The molecule has 24 heavy (non-hydrogen) atoms. The lowest BCUT2D eigenvalue weighted by molar-refractivity contribution is -0.118. The molecule has 1 fully saturated rings. The number of hydrogen-bond donors (Lipinski definition) is 2. The molecule has 0 spiro atoms. The molecule has 0 radical (unpaired) electrons. The van der Waals surface area contributed by atoms with Gasteiger partial charge < -0.3 is 10.4 Å². The second-order valence-corrected chi connectivity index (χ2v) is 7.27. The van der Waals surface area contributed by atoms with Crippen LogP contribution in [0.15, 0.2) is 63.2 Å². The van der Waals surface area contributed by atoms with E-state index in [1.807, 2.05) is 24.3 Å². The summed E-state index contributed by atoms with van der Waals surface area (Å²) in [5, 5.41) is 20.3. The zero-order valence-corrected chi connectivity index (χ0v) is 14.9. The Kier molecular flexibility index (Phi) is 5.32. The minimum Gasteiger partial charge on any atom is -0.508 e. The van der Waals surface area contributed by atoms with Gasteiger partial charge in [-0.2, -0.15) is 5.10 Å². The number of phenols is 1. The van der Waals surface area contributed by atoms with Gasteiger partial charge >= 0.3 is 0 Å². The van der Waals surface area contributed by atoms with Gasteiger partial charge in [0.05, 0.1) is 11.5 Å². The molecule has 0 aromatic heterocycles. The zero-order valence-electron chi connectivity index (χ0n) is 12.5. The summed E-state index contributed by atoms with van der Waals surface area (Å²) in [6.07, 6.45) is 2.21. The molecule has 1 aliphatic rings. The highest BCUT2D eigenvalue weighted by molar-refractivity contribution is 9.10. The highest BCUT2D eigenvalue weighted by Gasteiger charge is 2.30. The van der Waals surface area contributed by atoms with E-state index in [9.17, 15) is 9.90 Å². The topological polar surface area (TPSA) is 74.0 Å². The lowest BCUT2D eigenvalue weighted by Gasteiger charge is -2.05. The van der Waals surface area contributed by atoms with Crippen LogP contribution >= 0.6 is 27.7 Å². The van der Waals surface area contributed by atoms with Gasteiger partial charge in [-0.1, -0.05) is 39.8 Å². The van der Waals surface area contributed by atoms with E-state index < -0.39 is 0 Å². The number of carbonyl (C=O) groups excluding carboxylic acids is 1. The molecule has 3 rings (SSSR count). The molecule has 0 saturated carbocycles. The molecule has 1 amide bonds. The number of carbonyl (C=O) groups is 1. The van der Waals surface area contributed by atoms with Crippen LogP contribution in [0.25, 0.3) is 0 Å². The zero-order chi connectivity index (χ0) is 16.9. The fourth-order valence-corrected chi connectivity index (χ4v) is 3.36. The molecule has 1 heterocycles. The molecule has 122 valence electrons. The Hall–Kier alpha value is -2.12. The average Bonchev–Trinajstić information content (AvgIpc) is 2.91. The van der Waals surface area contributed by atoms with Crippen molar-refractivity contribution in [2.24, 2.45) is 10.2 Å². The van der Waals surface area contributed by atoms with Gasteiger partial charge in [0, 0.05) is 4.47 Å². The van der Waals surface area contributed by atoms with Crippen LogP contribution < -0.4 is 5.32 Å². The molecule has 7 heteroatoms. The van der Waals surface area contributed by atoms with Gasteiger partial charge in [-0.05, 0) is 53.9 Å². The molecule has 0 bridgehead atoms. The van der Waals surface area contributed by atoms with Crippen molar-refractivity contribution in [1.82, 2.24) is 5.32 Å². The molecule has 5 nitrogen and oxygen atoms in total. The van der Waals surface area contributed by atoms with Crippen molar-refractivity contribution >= 4 is 45.0 Å². The van der Waals surface area contributed by atoms with E-state index in [-0.39, 0.29) is 16.9 Å². The van der Waals surface area contributed by atoms with Crippen LogP contribution in [-0.4, -0.2) is 27.6 Å². The first-order chi connectivity index (χ1) is 11.6. The van der Waals surface area contributed by atoms with Crippen molar-refractivity contribution in [3.05, 3.63) is 64.1 Å². The number of amidine groups is 1. The summed E-state index contributed by atoms with van der Waals surface area (Å²) < 4.78 is 1.01. The first-order valence-corrected chi connectivity index (χ1v) is 8.89. The van der Waals surface area contributed by atoms with Gasteiger partial charge in [0.2, 0.25) is 5.91 Å². The Morgan fingerprint density at radius 1 is 1.17 bits per heavy atom. The first kappa shape index (κ1) is 16.7. The van der Waals surface area contributed by atoms with Gasteiger partial charge in [0.1, 0.15) is 5.75 Å². The number of aromatic hydroxyl groups is 1. The van der Waals surface area contributed by atoms with E-state index in [1.54, 1.807) is 30.5 Å². The smallest absolute Gasteiger partial charge is 0.239 e. The minimum absolute atomic E-state index is 0.0542. The second-order valence-electron chi connectivity index (χ2n) is 5.17. The van der Waals surface area contributed by atoms with E-state index >= 15 is 0 Å². The molecule has 2 N–H and O–H groups in total. The van der Waals surface area contributed by atoms with Crippen LogP contribution in [0.2, 0.25) is 0 Å². The molecule has 1 saturated heterocycles. The SMILES string of the molecule is O=C1N/C(=N/N=C\c2ccc(O)cc2)S[C@@H]1Cc1ccc(Br)cc1. The van der Waals surface area contributed by atoms with Crippen LogP contribution in [0.4, 0.5) is 0 Å². The van der Waals surface area contributed by atoms with Gasteiger partial charge in [-0.25, -0.2) is 0 Å². The fraction of sp³-hybridized carbons (Fsp3) is 0.118. The minimum atomic E-state index is -0.200. The molecule has 1 aliphatic heterocycles. The maximum atomic E-state index is 12.0. The van der Waals surface area contributed by atoms with E-state index in [2.05, 4.69) is 31.4 Å². The summed E-state index contributed by atoms with van der Waals surface area (Å²) in [5.41, 5.74) is 1.91. The number of thioether (sulfide) groups is 1. The Balaban J connectivity index is 1.61. The van der Waals surface area contributed by atoms with Crippen LogP contribution in [0.3, 0.4) is 0 Å². The third-order valence-corrected chi connectivity index (χ3v) is 4.96. The van der Waals surface area contributed by atoms with Crippen LogP contribution in [0.1, 0.15) is 11.1 Å². The van der Waals surface area contributed by atoms with Crippen molar-refractivity contribution in [3.63, 3.8) is 0 Å². The Bertz CT molecular complexity index is 788. The largest absolute Gasteiger partial charge is 0.508 e. The summed E-state index contributed by atoms with van der Waals surface area (Å²) in [5.74, 6) is 0.148. The molecule has 2 aromatic carbocycles. The second kappa shape index (κ2) is 7.63. The van der Waals surface area contributed by atoms with Crippen LogP contribution in [-0.2, 0) is 11.2 Å². The van der Waals surface area contributed by atoms with Gasteiger partial charge in [-0.3, -0.25) is 4.79 Å². The molecule has 1 atom stereocenters. The summed E-state index contributed by atoms with van der Waals surface area (Å²) in [6.45, 7) is 0. The molecule has 0 unspecified atom stereocenters. The third-order valence-electron chi connectivity index (χ3n) is 3.36. The predicted octanol–water partition coefficient (Wildman–Crippen LogP) is 3.32. The predicted molar refractivity (Wildman–Crippen MR) is 101 cm³/mol. The van der Waals surface area contributed by atoms with Gasteiger partial charge in [-0.15, -0.1) is 5.10 Å². The van der Waals surface area contributed by atoms with E-state index in [0.29, 0.717) is 11.6 Å². The van der Waals surface area contributed by atoms with Crippen molar-refractivity contribution in [2.45, 2.75) is 11.7 Å². The van der Waals surface area contributed by atoms with Gasteiger partial charge in [0.15, 0.2) is 5.17 Å². The Labute approximate surface area is 152 Å². The average molecular weight is 404 g/mol. The molecule has 0 aliphatic carbocycles. The number of benzene rings is 2. The lowest BCUT2D eigenvalue weighted by Crippen LogP contribution is -2.25. The van der Waals surface area contributed by atoms with E-state index in [4.69, 9.17) is 0 Å². The number of halogens is 1. The van der Waals surface area contributed by atoms with Crippen LogP contribution in [0.5, 0.6) is 5.75 Å². The number of nitrogens with zero attached hydrogens (tertiary/aromatic N) is 2.